The second-order valence-corrected chi connectivity index (χ2v) is 6.38. The first-order valence-electron chi connectivity index (χ1n) is 8.66. The van der Waals surface area contributed by atoms with Gasteiger partial charge in [-0.15, -0.1) is 0 Å². The van der Waals surface area contributed by atoms with Gasteiger partial charge in [-0.05, 0) is 47.9 Å². The Morgan fingerprint density at radius 2 is 1.75 bits per heavy atom. The maximum atomic E-state index is 12.2. The average Bonchev–Trinajstić information content (AvgIpc) is 3.03. The maximum absolute atomic E-state index is 12.2. The van der Waals surface area contributed by atoms with E-state index in [0.717, 1.165) is 5.56 Å². The quantitative estimate of drug-likeness (QED) is 0.448. The zero-order valence-corrected chi connectivity index (χ0v) is 15.9. The summed E-state index contributed by atoms with van der Waals surface area (Å²) < 4.78 is 20.9. The molecule has 7 nitrogen and oxygen atoms in total. The second-order valence-electron chi connectivity index (χ2n) is 6.38. The molecule has 0 saturated carbocycles. The van der Waals surface area contributed by atoms with Crippen LogP contribution in [0.15, 0.2) is 35.9 Å². The van der Waals surface area contributed by atoms with Crippen molar-refractivity contribution < 1.29 is 34.0 Å². The molecule has 1 aliphatic heterocycles. The van der Waals surface area contributed by atoms with Crippen LogP contribution in [0.25, 0.3) is 6.08 Å². The lowest BCUT2D eigenvalue weighted by Gasteiger charge is -2.12. The third-order valence-corrected chi connectivity index (χ3v) is 4.64. The largest absolute Gasteiger partial charge is 0.504 e. The molecule has 0 radical (unpaired) electrons. The first kappa shape index (κ1) is 19.4. The summed E-state index contributed by atoms with van der Waals surface area (Å²) in [5, 5.41) is 19.6. The Balaban J connectivity index is 1.90. The average molecular weight is 386 g/mol. The number of ether oxygens (including phenoxy) is 4. The summed E-state index contributed by atoms with van der Waals surface area (Å²) in [6, 6.07) is 8.51. The van der Waals surface area contributed by atoms with Crippen molar-refractivity contribution in [2.24, 2.45) is 5.92 Å². The number of cyclic esters (lactones) is 1. The number of carbonyl (C=O) groups excluding carboxylic acids is 1. The Morgan fingerprint density at radius 1 is 1.04 bits per heavy atom. The maximum Gasteiger partial charge on any atom is 0.334 e. The SMILES string of the molecule is COc1ccc(CC2COC(=O)/C2=C/c2cc(O)c(O)c(OC)c2)cc1OC. The van der Waals surface area contributed by atoms with Crippen LogP contribution in [-0.4, -0.2) is 44.1 Å². The molecule has 7 heteroatoms. The number of benzene rings is 2. The Bertz CT molecular complexity index is 917. The predicted octanol–water partition coefficient (Wildman–Crippen LogP) is 2.92. The van der Waals surface area contributed by atoms with Gasteiger partial charge in [-0.1, -0.05) is 6.07 Å². The Kier molecular flexibility index (Phi) is 5.63. The molecule has 148 valence electrons. The van der Waals surface area contributed by atoms with E-state index < -0.39 is 5.97 Å². The third kappa shape index (κ3) is 3.83. The van der Waals surface area contributed by atoms with Gasteiger partial charge in [-0.3, -0.25) is 0 Å². The zero-order valence-electron chi connectivity index (χ0n) is 15.9. The number of aromatic hydroxyl groups is 2. The minimum Gasteiger partial charge on any atom is -0.504 e. The normalized spacial score (nSPS) is 17.5. The van der Waals surface area contributed by atoms with Crippen molar-refractivity contribution in [1.29, 1.82) is 0 Å². The second kappa shape index (κ2) is 8.12. The van der Waals surface area contributed by atoms with Crippen LogP contribution in [-0.2, 0) is 16.0 Å². The van der Waals surface area contributed by atoms with E-state index in [-0.39, 0.29) is 29.8 Å². The van der Waals surface area contributed by atoms with Crippen molar-refractivity contribution in [3.8, 4) is 28.7 Å². The highest BCUT2D eigenvalue weighted by Gasteiger charge is 2.31. The van der Waals surface area contributed by atoms with Crippen molar-refractivity contribution >= 4 is 12.0 Å². The molecular formula is C21H22O7. The highest BCUT2D eigenvalue weighted by molar-refractivity contribution is 5.96. The molecule has 1 fully saturated rings. The molecule has 1 unspecified atom stereocenters. The molecule has 1 aliphatic rings. The molecule has 0 aliphatic carbocycles. The number of esters is 1. The van der Waals surface area contributed by atoms with Gasteiger partial charge in [0, 0.05) is 11.5 Å². The van der Waals surface area contributed by atoms with Gasteiger partial charge in [-0.25, -0.2) is 4.79 Å². The van der Waals surface area contributed by atoms with E-state index in [1.807, 2.05) is 18.2 Å². The summed E-state index contributed by atoms with van der Waals surface area (Å²) in [6.45, 7) is 0.264. The number of phenols is 2. The molecule has 1 saturated heterocycles. The highest BCUT2D eigenvalue weighted by Crippen LogP contribution is 2.38. The number of rotatable bonds is 6. The van der Waals surface area contributed by atoms with Crippen LogP contribution in [0, 0.1) is 5.92 Å². The molecule has 2 aromatic carbocycles. The van der Waals surface area contributed by atoms with E-state index >= 15 is 0 Å². The lowest BCUT2D eigenvalue weighted by atomic mass is 9.92. The number of hydrogen-bond acceptors (Lipinski definition) is 7. The molecule has 3 rings (SSSR count). The topological polar surface area (TPSA) is 94.5 Å². The van der Waals surface area contributed by atoms with Crippen LogP contribution in [0.5, 0.6) is 28.7 Å². The molecule has 28 heavy (non-hydrogen) atoms. The third-order valence-electron chi connectivity index (χ3n) is 4.64. The summed E-state index contributed by atoms with van der Waals surface area (Å²) in [4.78, 5) is 12.2. The molecule has 2 aromatic rings. The van der Waals surface area contributed by atoms with Crippen LogP contribution in [0.4, 0.5) is 0 Å². The zero-order chi connectivity index (χ0) is 20.3. The van der Waals surface area contributed by atoms with Gasteiger partial charge in [0.05, 0.1) is 27.9 Å². The van der Waals surface area contributed by atoms with E-state index in [2.05, 4.69) is 0 Å². The van der Waals surface area contributed by atoms with Gasteiger partial charge >= 0.3 is 5.97 Å². The van der Waals surface area contributed by atoms with Crippen LogP contribution < -0.4 is 14.2 Å². The summed E-state index contributed by atoms with van der Waals surface area (Å²) in [7, 11) is 4.53. The minimum absolute atomic E-state index is 0.120. The molecule has 1 heterocycles. The summed E-state index contributed by atoms with van der Waals surface area (Å²) in [5.74, 6) is 0.130. The van der Waals surface area contributed by atoms with E-state index in [1.165, 1.54) is 13.2 Å². The van der Waals surface area contributed by atoms with Gasteiger partial charge in [0.25, 0.3) is 0 Å². The number of phenolic OH excluding ortho intramolecular Hbond substituents is 2. The number of carbonyl (C=O) groups is 1. The molecule has 0 spiro atoms. The van der Waals surface area contributed by atoms with Crippen molar-refractivity contribution in [2.45, 2.75) is 6.42 Å². The Labute approximate surface area is 162 Å². The van der Waals surface area contributed by atoms with Gasteiger partial charge < -0.3 is 29.2 Å². The summed E-state index contributed by atoms with van der Waals surface area (Å²) in [6.07, 6.45) is 2.21. The first-order chi connectivity index (χ1) is 13.5. The van der Waals surface area contributed by atoms with E-state index in [4.69, 9.17) is 18.9 Å². The summed E-state index contributed by atoms with van der Waals surface area (Å²) >= 11 is 0. The molecule has 2 N–H and O–H groups in total. The molecular weight excluding hydrogens is 364 g/mol. The smallest absolute Gasteiger partial charge is 0.334 e. The van der Waals surface area contributed by atoms with E-state index in [9.17, 15) is 15.0 Å². The summed E-state index contributed by atoms with van der Waals surface area (Å²) in [5.41, 5.74) is 1.98. The van der Waals surface area contributed by atoms with Crippen molar-refractivity contribution in [2.75, 3.05) is 27.9 Å². The van der Waals surface area contributed by atoms with Crippen LogP contribution in [0.3, 0.4) is 0 Å². The van der Waals surface area contributed by atoms with Crippen LogP contribution >= 0.6 is 0 Å². The fourth-order valence-corrected chi connectivity index (χ4v) is 3.19. The van der Waals surface area contributed by atoms with Crippen LogP contribution in [0.1, 0.15) is 11.1 Å². The van der Waals surface area contributed by atoms with Crippen molar-refractivity contribution in [3.63, 3.8) is 0 Å². The van der Waals surface area contributed by atoms with Gasteiger partial charge in [0.2, 0.25) is 5.75 Å². The van der Waals surface area contributed by atoms with Crippen LogP contribution in [0.2, 0.25) is 0 Å². The Morgan fingerprint density at radius 3 is 2.43 bits per heavy atom. The lowest BCUT2D eigenvalue weighted by molar-refractivity contribution is -0.135. The van der Waals surface area contributed by atoms with Gasteiger partial charge in [0.1, 0.15) is 0 Å². The molecule has 0 amide bonds. The van der Waals surface area contributed by atoms with Gasteiger partial charge in [0.15, 0.2) is 23.0 Å². The Hall–Kier alpha value is -3.35. The standard InChI is InChI=1S/C21H22O7/c1-25-17-5-4-12(9-18(17)26-2)6-14-11-28-21(24)15(14)7-13-8-16(22)20(23)19(10-13)27-3/h4-5,7-10,14,22-23H,6,11H2,1-3H3/b15-7+. The fraction of sp³-hybridized carbons (Fsp3) is 0.286. The molecule has 1 atom stereocenters. The number of hydrogen-bond donors (Lipinski definition) is 2. The lowest BCUT2D eigenvalue weighted by Crippen LogP contribution is -2.08. The van der Waals surface area contributed by atoms with Crippen molar-refractivity contribution in [1.82, 2.24) is 0 Å². The fourth-order valence-electron chi connectivity index (χ4n) is 3.19. The predicted molar refractivity (Wildman–Crippen MR) is 102 cm³/mol. The van der Waals surface area contributed by atoms with Gasteiger partial charge in [-0.2, -0.15) is 0 Å². The number of methoxy groups -OCH3 is 3. The van der Waals surface area contributed by atoms with E-state index in [1.54, 1.807) is 26.4 Å². The monoisotopic (exact) mass is 386 g/mol. The molecule has 0 aromatic heterocycles. The highest BCUT2D eigenvalue weighted by atomic mass is 16.5. The first-order valence-corrected chi connectivity index (χ1v) is 8.66. The molecule has 0 bridgehead atoms. The van der Waals surface area contributed by atoms with Crippen molar-refractivity contribution in [3.05, 3.63) is 47.0 Å². The minimum atomic E-state index is -0.406. The van der Waals surface area contributed by atoms with E-state index in [0.29, 0.717) is 29.1 Å².